The summed E-state index contributed by atoms with van der Waals surface area (Å²) in [5.41, 5.74) is 2.80. The minimum atomic E-state index is -2.72. The van der Waals surface area contributed by atoms with Crippen molar-refractivity contribution in [2.45, 2.75) is 44.7 Å². The van der Waals surface area contributed by atoms with E-state index >= 15 is 0 Å². The summed E-state index contributed by atoms with van der Waals surface area (Å²) < 4.78 is 13.5. The molecule has 2 aromatic carbocycles. The summed E-state index contributed by atoms with van der Waals surface area (Å²) in [6.07, 6.45) is 5.87. The second-order valence-electron chi connectivity index (χ2n) is 7.33. The Morgan fingerprint density at radius 1 is 0.889 bits per heavy atom. The Kier molecular flexibility index (Phi) is 6.35. The summed E-state index contributed by atoms with van der Waals surface area (Å²) in [4.78, 5) is 0. The monoisotopic (exact) mass is 380 g/mol. The lowest BCUT2D eigenvalue weighted by atomic mass is 9.84. The van der Waals surface area contributed by atoms with Gasteiger partial charge in [0, 0.05) is 18.8 Å². The predicted octanol–water partition coefficient (Wildman–Crippen LogP) is 5.92. The molecule has 0 aliphatic carbocycles. The highest BCUT2D eigenvalue weighted by Crippen LogP contribution is 2.55. The Bertz CT molecular complexity index is 737. The summed E-state index contributed by atoms with van der Waals surface area (Å²) in [5.74, 6) is 0.426. The van der Waals surface area contributed by atoms with Gasteiger partial charge in [0.2, 0.25) is 0 Å². The zero-order valence-electron chi connectivity index (χ0n) is 17.0. The van der Waals surface area contributed by atoms with Gasteiger partial charge < -0.3 is 8.85 Å². The average molecular weight is 381 g/mol. The van der Waals surface area contributed by atoms with Crippen molar-refractivity contribution in [2.24, 2.45) is 5.92 Å². The van der Waals surface area contributed by atoms with Crippen molar-refractivity contribution in [1.29, 1.82) is 0 Å². The third-order valence-corrected chi connectivity index (χ3v) is 10.9. The van der Waals surface area contributed by atoms with Gasteiger partial charge in [0.1, 0.15) is 0 Å². The average Bonchev–Trinajstić information content (AvgIpc) is 3.04. The van der Waals surface area contributed by atoms with Gasteiger partial charge in [-0.25, -0.2) is 0 Å². The molecule has 0 fully saturated rings. The van der Waals surface area contributed by atoms with Crippen LogP contribution in [0.3, 0.4) is 0 Å². The van der Waals surface area contributed by atoms with E-state index in [4.69, 9.17) is 8.85 Å². The molecule has 144 valence electrons. The van der Waals surface area contributed by atoms with Crippen molar-refractivity contribution in [2.75, 3.05) is 13.2 Å². The Morgan fingerprint density at radius 3 is 1.96 bits per heavy atom. The maximum Gasteiger partial charge on any atom is 0.364 e. The summed E-state index contributed by atoms with van der Waals surface area (Å²) >= 11 is 0. The number of benzene rings is 2. The van der Waals surface area contributed by atoms with Crippen molar-refractivity contribution in [1.82, 2.24) is 0 Å². The topological polar surface area (TPSA) is 18.5 Å². The van der Waals surface area contributed by atoms with E-state index in [-0.39, 0.29) is 10.6 Å². The van der Waals surface area contributed by atoms with Crippen LogP contribution in [0.2, 0.25) is 0 Å². The molecule has 1 aliphatic heterocycles. The molecule has 0 aromatic heterocycles. The first-order chi connectivity index (χ1) is 13.2. The van der Waals surface area contributed by atoms with Crippen LogP contribution in [-0.4, -0.2) is 21.8 Å². The smallest absolute Gasteiger partial charge is 0.364 e. The number of allylic oxidation sites excluding steroid dienone is 2. The van der Waals surface area contributed by atoms with E-state index in [0.29, 0.717) is 19.1 Å². The summed E-state index contributed by atoms with van der Waals surface area (Å²) in [7, 11) is -2.72. The molecule has 27 heavy (non-hydrogen) atoms. The van der Waals surface area contributed by atoms with Crippen molar-refractivity contribution >= 4 is 8.56 Å². The molecule has 1 aliphatic rings. The van der Waals surface area contributed by atoms with E-state index < -0.39 is 8.56 Å². The van der Waals surface area contributed by atoms with Gasteiger partial charge in [-0.3, -0.25) is 0 Å². The summed E-state index contributed by atoms with van der Waals surface area (Å²) in [6.45, 7) is 10.2. The Morgan fingerprint density at radius 2 is 1.44 bits per heavy atom. The SMILES string of the molecule is CCO[Si]1(OCC)C(c2ccccc2)C=CC1(c1ccccc1)C(C)CC. The van der Waals surface area contributed by atoms with Crippen LogP contribution in [0.25, 0.3) is 0 Å². The van der Waals surface area contributed by atoms with Gasteiger partial charge in [0.05, 0.1) is 5.04 Å². The van der Waals surface area contributed by atoms with E-state index in [1.54, 1.807) is 0 Å². The third kappa shape index (κ3) is 3.22. The molecular formula is C24H32O2Si. The van der Waals surface area contributed by atoms with E-state index in [1.165, 1.54) is 11.1 Å². The molecule has 0 spiro atoms. The van der Waals surface area contributed by atoms with Gasteiger partial charge in [-0.2, -0.15) is 0 Å². The van der Waals surface area contributed by atoms with Crippen molar-refractivity contribution in [3.63, 3.8) is 0 Å². The van der Waals surface area contributed by atoms with Gasteiger partial charge in [-0.1, -0.05) is 93.1 Å². The van der Waals surface area contributed by atoms with Crippen LogP contribution < -0.4 is 0 Å². The third-order valence-electron chi connectivity index (χ3n) is 6.05. The summed E-state index contributed by atoms with van der Waals surface area (Å²) in [6, 6.07) is 21.6. The molecule has 1 heterocycles. The number of hydrogen-bond donors (Lipinski definition) is 0. The standard InChI is InChI=1S/C24H32O2Si/c1-5-20(4)24(22-16-12-9-13-17-22)19-18-23(21-14-10-8-11-15-21)27(24,25-6-2)26-7-3/h8-20,23H,5-7H2,1-4H3. The lowest BCUT2D eigenvalue weighted by Gasteiger charge is -2.48. The van der Waals surface area contributed by atoms with Crippen LogP contribution in [0, 0.1) is 5.92 Å². The molecule has 0 saturated heterocycles. The largest absolute Gasteiger partial charge is 0.393 e. The molecule has 0 radical (unpaired) electrons. The van der Waals surface area contributed by atoms with Gasteiger partial charge in [-0.05, 0) is 30.9 Å². The highest BCUT2D eigenvalue weighted by molar-refractivity contribution is 6.74. The van der Waals surface area contributed by atoms with Crippen LogP contribution in [0.15, 0.2) is 72.8 Å². The first-order valence-electron chi connectivity index (χ1n) is 10.2. The van der Waals surface area contributed by atoms with E-state index in [1.807, 2.05) is 0 Å². The Labute approximate surface area is 165 Å². The molecule has 3 rings (SSSR count). The molecule has 0 amide bonds. The van der Waals surface area contributed by atoms with Crippen LogP contribution in [0.1, 0.15) is 50.8 Å². The summed E-state index contributed by atoms with van der Waals surface area (Å²) in [5, 5.41) is -0.199. The lowest BCUT2D eigenvalue weighted by molar-refractivity contribution is 0.146. The van der Waals surface area contributed by atoms with Crippen LogP contribution in [-0.2, 0) is 13.9 Å². The van der Waals surface area contributed by atoms with Crippen LogP contribution in [0.4, 0.5) is 0 Å². The normalized spacial score (nSPS) is 24.8. The van der Waals surface area contributed by atoms with Gasteiger partial charge in [0.25, 0.3) is 0 Å². The van der Waals surface area contributed by atoms with Crippen LogP contribution >= 0.6 is 0 Å². The van der Waals surface area contributed by atoms with Crippen LogP contribution in [0.5, 0.6) is 0 Å². The number of hydrogen-bond acceptors (Lipinski definition) is 2. The molecule has 0 N–H and O–H groups in total. The highest BCUT2D eigenvalue weighted by Gasteiger charge is 2.66. The first-order valence-corrected chi connectivity index (χ1v) is 12.1. The highest BCUT2D eigenvalue weighted by atomic mass is 28.4. The van der Waals surface area contributed by atoms with Crippen molar-refractivity contribution in [3.8, 4) is 0 Å². The number of rotatable bonds is 8. The molecule has 3 atom stereocenters. The predicted molar refractivity (Wildman–Crippen MR) is 115 cm³/mol. The minimum Gasteiger partial charge on any atom is -0.393 e. The van der Waals surface area contributed by atoms with Crippen molar-refractivity contribution < 1.29 is 8.85 Å². The zero-order valence-corrected chi connectivity index (χ0v) is 18.0. The lowest BCUT2D eigenvalue weighted by Crippen LogP contribution is -2.63. The molecular weight excluding hydrogens is 348 g/mol. The maximum absolute atomic E-state index is 6.75. The quantitative estimate of drug-likeness (QED) is 0.418. The second kappa shape index (κ2) is 8.55. The maximum atomic E-state index is 6.75. The Hall–Kier alpha value is -1.68. The van der Waals surface area contributed by atoms with E-state index in [9.17, 15) is 0 Å². The molecule has 0 bridgehead atoms. The van der Waals surface area contributed by atoms with E-state index in [0.717, 1.165) is 6.42 Å². The zero-order chi connectivity index (χ0) is 19.3. The molecule has 2 nitrogen and oxygen atoms in total. The van der Waals surface area contributed by atoms with Gasteiger partial charge in [-0.15, -0.1) is 0 Å². The van der Waals surface area contributed by atoms with Gasteiger partial charge >= 0.3 is 8.56 Å². The molecule has 3 unspecified atom stereocenters. The van der Waals surface area contributed by atoms with Crippen molar-refractivity contribution in [3.05, 3.63) is 83.9 Å². The molecule has 2 aromatic rings. The fraction of sp³-hybridized carbons (Fsp3) is 0.417. The fourth-order valence-corrected chi connectivity index (χ4v) is 9.82. The fourth-order valence-electron chi connectivity index (χ4n) is 4.75. The van der Waals surface area contributed by atoms with E-state index in [2.05, 4.69) is 101 Å². The second-order valence-corrected chi connectivity index (χ2v) is 10.7. The molecule has 3 heteroatoms. The molecule has 0 saturated carbocycles. The first kappa shape index (κ1) is 20.1. The Balaban J connectivity index is 2.26. The minimum absolute atomic E-state index is 0.188. The van der Waals surface area contributed by atoms with Gasteiger partial charge in [0.15, 0.2) is 0 Å².